The second-order valence-corrected chi connectivity index (χ2v) is 3.45. The lowest BCUT2D eigenvalue weighted by Crippen LogP contribution is -2.43. The number of carbonyl (C=O) groups excluding carboxylic acids is 1. The highest BCUT2D eigenvalue weighted by atomic mass is 16.5. The van der Waals surface area contributed by atoms with E-state index in [1.807, 2.05) is 0 Å². The molecule has 0 radical (unpaired) electrons. The van der Waals surface area contributed by atoms with Crippen molar-refractivity contribution in [1.82, 2.24) is 5.32 Å². The lowest BCUT2D eigenvalue weighted by atomic mass is 10.1. The molecule has 1 rings (SSSR count). The summed E-state index contributed by atoms with van der Waals surface area (Å²) in [6.07, 6.45) is 2.58. The number of nitrogens with one attached hydrogen (secondary N) is 1. The van der Waals surface area contributed by atoms with Crippen LogP contribution in [0, 0.1) is 0 Å². The standard InChI is InChI=1S/C9H17NO3/c1-7(6-11)10-9(12)8-4-2-3-5-13-8/h7-8,11H,2-6H2,1H3,(H,10,12). The normalized spacial score (nSPS) is 25.2. The molecule has 1 aliphatic heterocycles. The van der Waals surface area contributed by atoms with Gasteiger partial charge in [-0.2, -0.15) is 0 Å². The van der Waals surface area contributed by atoms with E-state index in [4.69, 9.17) is 9.84 Å². The van der Waals surface area contributed by atoms with Gasteiger partial charge in [-0.25, -0.2) is 0 Å². The van der Waals surface area contributed by atoms with Crippen LogP contribution in [-0.2, 0) is 9.53 Å². The van der Waals surface area contributed by atoms with Crippen LogP contribution in [0.15, 0.2) is 0 Å². The fourth-order valence-electron chi connectivity index (χ4n) is 1.33. The summed E-state index contributed by atoms with van der Waals surface area (Å²) < 4.78 is 5.29. The van der Waals surface area contributed by atoms with Crippen molar-refractivity contribution in [3.8, 4) is 0 Å². The molecule has 1 saturated heterocycles. The second-order valence-electron chi connectivity index (χ2n) is 3.45. The number of hydrogen-bond acceptors (Lipinski definition) is 3. The van der Waals surface area contributed by atoms with Crippen molar-refractivity contribution in [2.75, 3.05) is 13.2 Å². The fraction of sp³-hybridized carbons (Fsp3) is 0.889. The van der Waals surface area contributed by atoms with Gasteiger partial charge >= 0.3 is 0 Å². The van der Waals surface area contributed by atoms with Gasteiger partial charge in [0.25, 0.3) is 0 Å². The number of amides is 1. The first-order valence-corrected chi connectivity index (χ1v) is 4.77. The maximum atomic E-state index is 11.4. The maximum Gasteiger partial charge on any atom is 0.249 e. The van der Waals surface area contributed by atoms with E-state index in [-0.39, 0.29) is 24.7 Å². The van der Waals surface area contributed by atoms with Crippen LogP contribution in [0.25, 0.3) is 0 Å². The maximum absolute atomic E-state index is 11.4. The van der Waals surface area contributed by atoms with Gasteiger partial charge < -0.3 is 15.2 Å². The number of aliphatic hydroxyl groups is 1. The zero-order chi connectivity index (χ0) is 9.68. The van der Waals surface area contributed by atoms with Gasteiger partial charge in [-0.15, -0.1) is 0 Å². The number of carbonyl (C=O) groups is 1. The first kappa shape index (κ1) is 10.5. The summed E-state index contributed by atoms with van der Waals surface area (Å²) in [5.74, 6) is -0.0961. The van der Waals surface area contributed by atoms with Crippen molar-refractivity contribution < 1.29 is 14.6 Å². The first-order valence-electron chi connectivity index (χ1n) is 4.77. The van der Waals surface area contributed by atoms with E-state index < -0.39 is 0 Å². The Morgan fingerprint density at radius 3 is 3.00 bits per heavy atom. The number of hydrogen-bond donors (Lipinski definition) is 2. The third kappa shape index (κ3) is 3.32. The Hall–Kier alpha value is -0.610. The summed E-state index contributed by atoms with van der Waals surface area (Å²) in [6, 6.07) is -0.182. The first-order chi connectivity index (χ1) is 6.24. The molecule has 2 atom stereocenters. The van der Waals surface area contributed by atoms with Crippen molar-refractivity contribution >= 4 is 5.91 Å². The highest BCUT2D eigenvalue weighted by Gasteiger charge is 2.22. The van der Waals surface area contributed by atoms with E-state index in [0.29, 0.717) is 6.61 Å². The van der Waals surface area contributed by atoms with Crippen molar-refractivity contribution in [3.63, 3.8) is 0 Å². The highest BCUT2D eigenvalue weighted by Crippen LogP contribution is 2.12. The smallest absolute Gasteiger partial charge is 0.249 e. The van der Waals surface area contributed by atoms with Crippen LogP contribution in [0.4, 0.5) is 0 Å². The minimum absolute atomic E-state index is 0.0293. The van der Waals surface area contributed by atoms with Crippen LogP contribution in [0.2, 0.25) is 0 Å². The van der Waals surface area contributed by atoms with Crippen LogP contribution < -0.4 is 5.32 Å². The van der Waals surface area contributed by atoms with Crippen molar-refractivity contribution in [2.24, 2.45) is 0 Å². The van der Waals surface area contributed by atoms with E-state index in [0.717, 1.165) is 19.3 Å². The second kappa shape index (κ2) is 5.19. The predicted octanol–water partition coefficient (Wildman–Crippen LogP) is 0.0525. The molecule has 0 aromatic carbocycles. The Kier molecular flexibility index (Phi) is 4.18. The van der Waals surface area contributed by atoms with Gasteiger partial charge in [0, 0.05) is 12.6 Å². The number of rotatable bonds is 3. The van der Waals surface area contributed by atoms with Gasteiger partial charge in [0.15, 0.2) is 0 Å². The topological polar surface area (TPSA) is 58.6 Å². The van der Waals surface area contributed by atoms with Crippen LogP contribution in [0.5, 0.6) is 0 Å². The molecule has 76 valence electrons. The van der Waals surface area contributed by atoms with E-state index in [1.165, 1.54) is 0 Å². The molecule has 4 nitrogen and oxygen atoms in total. The molecule has 1 aliphatic rings. The molecule has 1 amide bonds. The quantitative estimate of drug-likeness (QED) is 0.656. The van der Waals surface area contributed by atoms with E-state index >= 15 is 0 Å². The summed E-state index contributed by atoms with van der Waals surface area (Å²) in [5.41, 5.74) is 0. The molecule has 0 aliphatic carbocycles. The zero-order valence-electron chi connectivity index (χ0n) is 7.95. The van der Waals surface area contributed by atoms with Gasteiger partial charge in [-0.3, -0.25) is 4.79 Å². The molecular weight excluding hydrogens is 170 g/mol. The molecule has 2 N–H and O–H groups in total. The monoisotopic (exact) mass is 187 g/mol. The lowest BCUT2D eigenvalue weighted by molar-refractivity contribution is -0.136. The minimum Gasteiger partial charge on any atom is -0.394 e. The van der Waals surface area contributed by atoms with Gasteiger partial charge in [-0.05, 0) is 26.2 Å². The Labute approximate surface area is 78.3 Å². The summed E-state index contributed by atoms with van der Waals surface area (Å²) in [5, 5.41) is 11.4. The molecule has 0 aromatic rings. The minimum atomic E-state index is -0.303. The SMILES string of the molecule is CC(CO)NC(=O)C1CCCCO1. The molecule has 0 saturated carbocycles. The Balaban J connectivity index is 2.29. The van der Waals surface area contributed by atoms with Crippen molar-refractivity contribution in [3.05, 3.63) is 0 Å². The summed E-state index contributed by atoms with van der Waals surface area (Å²) >= 11 is 0. The van der Waals surface area contributed by atoms with Crippen LogP contribution in [0.3, 0.4) is 0 Å². The highest BCUT2D eigenvalue weighted by molar-refractivity contribution is 5.81. The summed E-state index contributed by atoms with van der Waals surface area (Å²) in [7, 11) is 0. The molecule has 0 bridgehead atoms. The lowest BCUT2D eigenvalue weighted by Gasteiger charge is -2.23. The van der Waals surface area contributed by atoms with Crippen molar-refractivity contribution in [2.45, 2.75) is 38.3 Å². The zero-order valence-corrected chi connectivity index (χ0v) is 7.95. The molecule has 4 heteroatoms. The third-order valence-corrected chi connectivity index (χ3v) is 2.13. The number of aliphatic hydroxyl groups excluding tert-OH is 1. The third-order valence-electron chi connectivity index (χ3n) is 2.13. The molecular formula is C9H17NO3. The predicted molar refractivity (Wildman–Crippen MR) is 48.3 cm³/mol. The van der Waals surface area contributed by atoms with Gasteiger partial charge in [-0.1, -0.05) is 0 Å². The van der Waals surface area contributed by atoms with Gasteiger partial charge in [0.2, 0.25) is 5.91 Å². The number of ether oxygens (including phenoxy) is 1. The van der Waals surface area contributed by atoms with Crippen molar-refractivity contribution in [1.29, 1.82) is 0 Å². The average Bonchev–Trinajstić information content (AvgIpc) is 2.19. The van der Waals surface area contributed by atoms with Crippen LogP contribution in [0.1, 0.15) is 26.2 Å². The van der Waals surface area contributed by atoms with Crippen LogP contribution in [-0.4, -0.2) is 36.4 Å². The van der Waals surface area contributed by atoms with Crippen LogP contribution >= 0.6 is 0 Å². The molecule has 1 fully saturated rings. The molecule has 0 spiro atoms. The Morgan fingerprint density at radius 1 is 1.69 bits per heavy atom. The van der Waals surface area contributed by atoms with Gasteiger partial charge in [0.1, 0.15) is 6.10 Å². The fourth-order valence-corrected chi connectivity index (χ4v) is 1.33. The summed E-state index contributed by atoms with van der Waals surface area (Å²) in [6.45, 7) is 2.41. The molecule has 0 aromatic heterocycles. The molecule has 2 unspecified atom stereocenters. The largest absolute Gasteiger partial charge is 0.394 e. The molecule has 1 heterocycles. The van der Waals surface area contributed by atoms with E-state index in [9.17, 15) is 4.79 Å². The van der Waals surface area contributed by atoms with Gasteiger partial charge in [0.05, 0.1) is 6.61 Å². The Bertz CT molecular complexity index is 166. The molecule has 13 heavy (non-hydrogen) atoms. The average molecular weight is 187 g/mol. The summed E-state index contributed by atoms with van der Waals surface area (Å²) in [4.78, 5) is 11.4. The van der Waals surface area contributed by atoms with E-state index in [1.54, 1.807) is 6.92 Å². The van der Waals surface area contributed by atoms with E-state index in [2.05, 4.69) is 5.32 Å². The Morgan fingerprint density at radius 2 is 2.46 bits per heavy atom.